The molecule has 0 saturated heterocycles. The molecule has 0 aliphatic rings. The maximum absolute atomic E-state index is 13.2. The van der Waals surface area contributed by atoms with Gasteiger partial charge in [-0.05, 0) is 30.2 Å². The molecule has 2 aromatic rings. The molecule has 0 amide bonds. The molecule has 0 aliphatic heterocycles. The molecule has 21 heavy (non-hydrogen) atoms. The van der Waals surface area contributed by atoms with Crippen molar-refractivity contribution < 1.29 is 12.8 Å². The fraction of sp³-hybridized carbons (Fsp3) is 0.143. The van der Waals surface area contributed by atoms with Crippen molar-refractivity contribution >= 4 is 27.3 Å². The number of hydrogen-bond acceptors (Lipinski definition) is 3. The van der Waals surface area contributed by atoms with Gasteiger partial charge in [-0.2, -0.15) is 0 Å². The van der Waals surface area contributed by atoms with Gasteiger partial charge >= 0.3 is 0 Å². The van der Waals surface area contributed by atoms with Crippen LogP contribution in [0.15, 0.2) is 41.3 Å². The zero-order valence-corrected chi connectivity index (χ0v) is 12.8. The molecule has 0 radical (unpaired) electrons. The number of anilines is 1. The zero-order valence-electron chi connectivity index (χ0n) is 11.2. The molecule has 0 bridgehead atoms. The SMILES string of the molecule is Cc1ccccc1CNS(=O)(=O)c1cc(N)c(F)cc1Cl. The Kier molecular flexibility index (Phi) is 4.51. The summed E-state index contributed by atoms with van der Waals surface area (Å²) < 4.78 is 40.1. The minimum absolute atomic E-state index is 0.114. The molecule has 7 heteroatoms. The minimum Gasteiger partial charge on any atom is -0.396 e. The molecule has 4 nitrogen and oxygen atoms in total. The summed E-state index contributed by atoms with van der Waals surface area (Å²) in [7, 11) is -3.87. The minimum atomic E-state index is -3.87. The van der Waals surface area contributed by atoms with Crippen LogP contribution in [0.25, 0.3) is 0 Å². The summed E-state index contributed by atoms with van der Waals surface area (Å²) in [5.74, 6) is -0.752. The number of rotatable bonds is 4. The lowest BCUT2D eigenvalue weighted by molar-refractivity contribution is 0.580. The van der Waals surface area contributed by atoms with Crippen LogP contribution in [0.4, 0.5) is 10.1 Å². The van der Waals surface area contributed by atoms with E-state index in [1.165, 1.54) is 0 Å². The summed E-state index contributed by atoms with van der Waals surface area (Å²) in [6, 6.07) is 9.28. The molecule has 0 fully saturated rings. The number of aryl methyl sites for hydroxylation is 1. The summed E-state index contributed by atoms with van der Waals surface area (Å²) in [4.78, 5) is -0.239. The van der Waals surface area contributed by atoms with Crippen molar-refractivity contribution in [2.75, 3.05) is 5.73 Å². The summed E-state index contributed by atoms with van der Waals surface area (Å²) in [6.45, 7) is 2.00. The molecular weight excluding hydrogens is 315 g/mol. The van der Waals surface area contributed by atoms with Gasteiger partial charge in [0.2, 0.25) is 10.0 Å². The van der Waals surface area contributed by atoms with Gasteiger partial charge in [0.05, 0.1) is 10.7 Å². The predicted molar refractivity (Wildman–Crippen MR) is 81.0 cm³/mol. The first-order valence-corrected chi connectivity index (χ1v) is 7.96. The predicted octanol–water partition coefficient (Wildman–Crippen LogP) is 2.85. The van der Waals surface area contributed by atoms with Crippen LogP contribution in [-0.2, 0) is 16.6 Å². The van der Waals surface area contributed by atoms with Gasteiger partial charge in [0.1, 0.15) is 10.7 Å². The van der Waals surface area contributed by atoms with Crippen LogP contribution in [0.1, 0.15) is 11.1 Å². The molecule has 112 valence electrons. The highest BCUT2D eigenvalue weighted by Crippen LogP contribution is 2.26. The lowest BCUT2D eigenvalue weighted by Gasteiger charge is -2.11. The number of nitrogen functional groups attached to an aromatic ring is 1. The van der Waals surface area contributed by atoms with Gasteiger partial charge in [-0.3, -0.25) is 0 Å². The Morgan fingerprint density at radius 2 is 1.95 bits per heavy atom. The van der Waals surface area contributed by atoms with Crippen LogP contribution in [-0.4, -0.2) is 8.42 Å². The van der Waals surface area contributed by atoms with Gasteiger partial charge in [-0.1, -0.05) is 35.9 Å². The van der Waals surface area contributed by atoms with Gasteiger partial charge in [0, 0.05) is 6.54 Å². The van der Waals surface area contributed by atoms with Gasteiger partial charge < -0.3 is 5.73 Å². The molecule has 0 aromatic heterocycles. The van der Waals surface area contributed by atoms with E-state index < -0.39 is 15.8 Å². The highest BCUT2D eigenvalue weighted by atomic mass is 35.5. The quantitative estimate of drug-likeness (QED) is 0.848. The summed E-state index contributed by atoms with van der Waals surface area (Å²) in [5, 5.41) is -0.209. The van der Waals surface area contributed by atoms with Crippen LogP contribution in [0, 0.1) is 12.7 Å². The van der Waals surface area contributed by atoms with E-state index in [1.807, 2.05) is 31.2 Å². The number of halogens is 2. The molecule has 2 aromatic carbocycles. The first kappa shape index (κ1) is 15.8. The Morgan fingerprint density at radius 3 is 2.62 bits per heavy atom. The van der Waals surface area contributed by atoms with E-state index in [4.69, 9.17) is 17.3 Å². The Bertz CT molecular complexity index is 779. The Balaban J connectivity index is 2.27. The number of nitrogens with two attached hydrogens (primary N) is 1. The molecule has 0 saturated carbocycles. The average molecular weight is 329 g/mol. The third-order valence-corrected chi connectivity index (χ3v) is 4.92. The van der Waals surface area contributed by atoms with E-state index in [0.717, 1.165) is 23.3 Å². The number of sulfonamides is 1. The smallest absolute Gasteiger partial charge is 0.242 e. The highest BCUT2D eigenvalue weighted by molar-refractivity contribution is 7.89. The maximum atomic E-state index is 13.2. The summed E-state index contributed by atoms with van der Waals surface area (Å²) in [6.07, 6.45) is 0. The summed E-state index contributed by atoms with van der Waals surface area (Å²) in [5.41, 5.74) is 6.93. The van der Waals surface area contributed by atoms with E-state index in [2.05, 4.69) is 4.72 Å². The monoisotopic (exact) mass is 328 g/mol. The van der Waals surface area contributed by atoms with E-state index in [-0.39, 0.29) is 22.2 Å². The van der Waals surface area contributed by atoms with Crippen molar-refractivity contribution in [1.29, 1.82) is 0 Å². The molecule has 2 rings (SSSR count). The largest absolute Gasteiger partial charge is 0.396 e. The molecule has 0 spiro atoms. The lowest BCUT2D eigenvalue weighted by atomic mass is 10.1. The zero-order chi connectivity index (χ0) is 15.6. The second kappa shape index (κ2) is 6.01. The topological polar surface area (TPSA) is 72.2 Å². The van der Waals surface area contributed by atoms with Crippen LogP contribution < -0.4 is 10.5 Å². The number of nitrogens with one attached hydrogen (secondary N) is 1. The molecule has 3 N–H and O–H groups in total. The van der Waals surface area contributed by atoms with Crippen LogP contribution >= 0.6 is 11.6 Å². The summed E-state index contributed by atoms with van der Waals surface area (Å²) >= 11 is 5.78. The van der Waals surface area contributed by atoms with Crippen LogP contribution in [0.5, 0.6) is 0 Å². The normalized spacial score (nSPS) is 11.6. The van der Waals surface area contributed by atoms with Crippen molar-refractivity contribution in [3.63, 3.8) is 0 Å². The average Bonchev–Trinajstić information content (AvgIpc) is 2.42. The van der Waals surface area contributed by atoms with Crippen molar-refractivity contribution in [1.82, 2.24) is 4.72 Å². The van der Waals surface area contributed by atoms with E-state index in [0.29, 0.717) is 0 Å². The van der Waals surface area contributed by atoms with Crippen molar-refractivity contribution in [2.45, 2.75) is 18.4 Å². The fourth-order valence-corrected chi connectivity index (χ4v) is 3.36. The maximum Gasteiger partial charge on any atom is 0.242 e. The molecule has 0 atom stereocenters. The van der Waals surface area contributed by atoms with Gasteiger partial charge in [-0.15, -0.1) is 0 Å². The second-order valence-corrected chi connectivity index (χ2v) is 6.70. The van der Waals surface area contributed by atoms with Gasteiger partial charge in [0.25, 0.3) is 0 Å². The van der Waals surface area contributed by atoms with Crippen LogP contribution in [0.3, 0.4) is 0 Å². The Morgan fingerprint density at radius 1 is 1.29 bits per heavy atom. The van der Waals surface area contributed by atoms with Crippen molar-refractivity contribution in [3.05, 3.63) is 58.4 Å². The Labute approximate surface area is 127 Å². The van der Waals surface area contributed by atoms with E-state index >= 15 is 0 Å². The Hall–Kier alpha value is -1.63. The van der Waals surface area contributed by atoms with E-state index in [1.54, 1.807) is 0 Å². The number of benzene rings is 2. The first-order chi connectivity index (χ1) is 9.81. The molecular formula is C14H14ClFN2O2S. The highest BCUT2D eigenvalue weighted by Gasteiger charge is 2.20. The molecule has 0 heterocycles. The van der Waals surface area contributed by atoms with Crippen LogP contribution in [0.2, 0.25) is 5.02 Å². The first-order valence-electron chi connectivity index (χ1n) is 6.10. The number of hydrogen-bond donors (Lipinski definition) is 2. The van der Waals surface area contributed by atoms with Gasteiger partial charge in [0.15, 0.2) is 0 Å². The molecule has 0 unspecified atom stereocenters. The standard InChI is InChI=1S/C14H14ClFN2O2S/c1-9-4-2-3-5-10(9)8-18-21(19,20)14-7-13(17)12(16)6-11(14)15/h2-7,18H,8,17H2,1H3. The van der Waals surface area contributed by atoms with Crippen molar-refractivity contribution in [2.24, 2.45) is 0 Å². The van der Waals surface area contributed by atoms with Crippen molar-refractivity contribution in [3.8, 4) is 0 Å². The second-order valence-electron chi connectivity index (χ2n) is 4.56. The fourth-order valence-electron chi connectivity index (χ4n) is 1.81. The third kappa shape index (κ3) is 3.53. The van der Waals surface area contributed by atoms with Gasteiger partial charge in [-0.25, -0.2) is 17.5 Å². The third-order valence-electron chi connectivity index (χ3n) is 3.05. The lowest BCUT2D eigenvalue weighted by Crippen LogP contribution is -2.24. The van der Waals surface area contributed by atoms with E-state index in [9.17, 15) is 12.8 Å². The molecule has 0 aliphatic carbocycles.